The monoisotopic (exact) mass is 439 g/mol. The van der Waals surface area contributed by atoms with Crippen molar-refractivity contribution in [3.8, 4) is 11.5 Å². The van der Waals surface area contributed by atoms with Crippen molar-refractivity contribution in [2.24, 2.45) is 0 Å². The van der Waals surface area contributed by atoms with E-state index in [1.165, 1.54) is 6.26 Å². The average molecular weight is 440 g/mol. The molecule has 2 aromatic carbocycles. The Morgan fingerprint density at radius 2 is 1.58 bits per heavy atom. The van der Waals surface area contributed by atoms with E-state index in [2.05, 4.69) is 16.0 Å². The lowest BCUT2D eigenvalue weighted by Crippen LogP contribution is -2.28. The number of nitrogens with one attached hydrogen (secondary N) is 3. The van der Waals surface area contributed by atoms with E-state index in [1.54, 1.807) is 24.3 Å². The number of hydrogen-bond donors (Lipinski definition) is 3. The largest absolute Gasteiger partial charge is 0.492 e. The molecule has 3 N–H and O–H groups in total. The maximum Gasteiger partial charge on any atom is 0.291 e. The molecule has 0 saturated heterocycles. The molecule has 31 heavy (non-hydrogen) atoms. The molecule has 0 fully saturated rings. The average Bonchev–Trinajstić information content (AvgIpc) is 3.31. The summed E-state index contributed by atoms with van der Waals surface area (Å²) in [6, 6.07) is 16.7. The standard InChI is InChI=1S/C23H25N3O4S/c1-3-28-20-14-18(26-23(31)24-15-16-9-6-5-7-10-16)21(29-4-2)13-17(20)25-22(27)19-11-8-12-30-19/h5-14H,3-4,15H2,1-2H3,(H,25,27)(H2,24,26,31). The number of furan rings is 1. The van der Waals surface area contributed by atoms with Crippen molar-refractivity contribution in [1.82, 2.24) is 5.32 Å². The molecule has 0 aliphatic rings. The highest BCUT2D eigenvalue weighted by Crippen LogP contribution is 2.37. The molecule has 1 heterocycles. The molecule has 1 aromatic heterocycles. The van der Waals surface area contributed by atoms with Crippen LogP contribution in [0.4, 0.5) is 11.4 Å². The van der Waals surface area contributed by atoms with Crippen LogP contribution in [0.3, 0.4) is 0 Å². The van der Waals surface area contributed by atoms with Gasteiger partial charge >= 0.3 is 0 Å². The highest BCUT2D eigenvalue weighted by Gasteiger charge is 2.17. The molecule has 0 bridgehead atoms. The lowest BCUT2D eigenvalue weighted by atomic mass is 10.2. The summed E-state index contributed by atoms with van der Waals surface area (Å²) in [4.78, 5) is 12.4. The number of rotatable bonds is 9. The number of thiocarbonyl (C=S) groups is 1. The Kier molecular flexibility index (Phi) is 7.89. The van der Waals surface area contributed by atoms with Gasteiger partial charge in [-0.15, -0.1) is 0 Å². The fraction of sp³-hybridized carbons (Fsp3) is 0.217. The fourth-order valence-electron chi connectivity index (χ4n) is 2.84. The summed E-state index contributed by atoms with van der Waals surface area (Å²) in [7, 11) is 0. The quantitative estimate of drug-likeness (QED) is 0.412. The van der Waals surface area contributed by atoms with Gasteiger partial charge in [-0.05, 0) is 43.8 Å². The lowest BCUT2D eigenvalue weighted by Gasteiger charge is -2.18. The Morgan fingerprint density at radius 3 is 2.16 bits per heavy atom. The lowest BCUT2D eigenvalue weighted by molar-refractivity contribution is 0.0996. The number of ether oxygens (including phenoxy) is 2. The Balaban J connectivity index is 1.79. The van der Waals surface area contributed by atoms with Crippen molar-refractivity contribution in [1.29, 1.82) is 0 Å². The Labute approximate surface area is 186 Å². The van der Waals surface area contributed by atoms with E-state index in [-0.39, 0.29) is 11.7 Å². The smallest absolute Gasteiger partial charge is 0.291 e. The minimum Gasteiger partial charge on any atom is -0.492 e. The van der Waals surface area contributed by atoms with Crippen LogP contribution in [-0.2, 0) is 6.54 Å². The first-order valence-electron chi connectivity index (χ1n) is 9.98. The zero-order chi connectivity index (χ0) is 22.1. The Morgan fingerprint density at radius 1 is 0.935 bits per heavy atom. The normalized spacial score (nSPS) is 10.3. The predicted molar refractivity (Wildman–Crippen MR) is 125 cm³/mol. The fourth-order valence-corrected chi connectivity index (χ4v) is 3.02. The van der Waals surface area contributed by atoms with Gasteiger partial charge in [-0.25, -0.2) is 0 Å². The summed E-state index contributed by atoms with van der Waals surface area (Å²) in [5.41, 5.74) is 2.22. The number of amides is 1. The SMILES string of the molecule is CCOc1cc(NC(=S)NCc2ccccc2)c(OCC)cc1NC(=O)c1ccco1. The number of carbonyl (C=O) groups is 1. The second-order valence-corrected chi connectivity index (χ2v) is 6.84. The third kappa shape index (κ3) is 6.23. The molecule has 0 saturated carbocycles. The van der Waals surface area contributed by atoms with E-state index in [0.717, 1.165) is 5.56 Å². The van der Waals surface area contributed by atoms with E-state index < -0.39 is 0 Å². The molecule has 8 heteroatoms. The van der Waals surface area contributed by atoms with Crippen LogP contribution in [0, 0.1) is 0 Å². The maximum atomic E-state index is 12.4. The van der Waals surface area contributed by atoms with E-state index in [4.69, 9.17) is 26.1 Å². The minimum atomic E-state index is -0.380. The Hall–Kier alpha value is -3.52. The van der Waals surface area contributed by atoms with Crippen molar-refractivity contribution in [2.45, 2.75) is 20.4 Å². The maximum absolute atomic E-state index is 12.4. The van der Waals surface area contributed by atoms with Gasteiger partial charge in [0.15, 0.2) is 10.9 Å². The zero-order valence-corrected chi connectivity index (χ0v) is 18.3. The van der Waals surface area contributed by atoms with Crippen LogP contribution in [0.5, 0.6) is 11.5 Å². The molecule has 7 nitrogen and oxygen atoms in total. The van der Waals surface area contributed by atoms with Crippen molar-refractivity contribution in [2.75, 3.05) is 23.8 Å². The van der Waals surface area contributed by atoms with Crippen LogP contribution < -0.4 is 25.4 Å². The van der Waals surface area contributed by atoms with Gasteiger partial charge in [-0.3, -0.25) is 4.79 Å². The highest BCUT2D eigenvalue weighted by atomic mass is 32.1. The summed E-state index contributed by atoms with van der Waals surface area (Å²) >= 11 is 5.44. The summed E-state index contributed by atoms with van der Waals surface area (Å²) < 4.78 is 16.7. The molecule has 1 amide bonds. The molecule has 0 radical (unpaired) electrons. The molecule has 162 valence electrons. The predicted octanol–water partition coefficient (Wildman–Crippen LogP) is 4.82. The molecule has 3 aromatic rings. The summed E-state index contributed by atoms with van der Waals surface area (Å²) in [6.45, 7) is 5.21. The van der Waals surface area contributed by atoms with Gasteiger partial charge < -0.3 is 29.8 Å². The molecule has 0 spiro atoms. The van der Waals surface area contributed by atoms with Gasteiger partial charge in [0.25, 0.3) is 5.91 Å². The number of hydrogen-bond acceptors (Lipinski definition) is 5. The molecule has 3 rings (SSSR count). The van der Waals surface area contributed by atoms with E-state index in [0.29, 0.717) is 47.7 Å². The van der Waals surface area contributed by atoms with Gasteiger partial charge in [-0.2, -0.15) is 0 Å². The molecule has 0 aliphatic heterocycles. The van der Waals surface area contributed by atoms with Gasteiger partial charge in [0.05, 0.1) is 30.9 Å². The van der Waals surface area contributed by atoms with Crippen molar-refractivity contribution in [3.63, 3.8) is 0 Å². The summed E-state index contributed by atoms with van der Waals surface area (Å²) in [5, 5.41) is 9.59. The first-order valence-corrected chi connectivity index (χ1v) is 10.4. The molecule has 0 atom stereocenters. The van der Waals surface area contributed by atoms with Crippen LogP contribution in [0.25, 0.3) is 0 Å². The molecular weight excluding hydrogens is 414 g/mol. The minimum absolute atomic E-state index is 0.203. The van der Waals surface area contributed by atoms with E-state index in [1.807, 2.05) is 44.2 Å². The number of carbonyl (C=O) groups excluding carboxylic acids is 1. The van der Waals surface area contributed by atoms with Gasteiger partial charge in [0.2, 0.25) is 0 Å². The van der Waals surface area contributed by atoms with Crippen molar-refractivity contribution >= 4 is 34.6 Å². The summed E-state index contributed by atoms with van der Waals surface area (Å²) in [5.74, 6) is 0.840. The van der Waals surface area contributed by atoms with Crippen molar-refractivity contribution in [3.05, 3.63) is 72.2 Å². The second-order valence-electron chi connectivity index (χ2n) is 6.44. The van der Waals surface area contributed by atoms with Crippen LogP contribution >= 0.6 is 12.2 Å². The Bertz CT molecular complexity index is 1010. The third-order valence-corrected chi connectivity index (χ3v) is 4.47. The first-order chi connectivity index (χ1) is 15.1. The first kappa shape index (κ1) is 22.2. The topological polar surface area (TPSA) is 84.8 Å². The second kappa shape index (κ2) is 11.0. The molecule has 0 aliphatic carbocycles. The van der Waals surface area contributed by atoms with Gasteiger partial charge in [0, 0.05) is 18.7 Å². The van der Waals surface area contributed by atoms with Crippen LogP contribution in [0.1, 0.15) is 30.0 Å². The third-order valence-electron chi connectivity index (χ3n) is 4.22. The van der Waals surface area contributed by atoms with E-state index in [9.17, 15) is 4.79 Å². The summed E-state index contributed by atoms with van der Waals surface area (Å²) in [6.07, 6.45) is 1.44. The van der Waals surface area contributed by atoms with Crippen LogP contribution in [-0.4, -0.2) is 24.2 Å². The van der Waals surface area contributed by atoms with Crippen LogP contribution in [0.2, 0.25) is 0 Å². The van der Waals surface area contributed by atoms with E-state index >= 15 is 0 Å². The number of benzene rings is 2. The highest BCUT2D eigenvalue weighted by molar-refractivity contribution is 7.80. The van der Waals surface area contributed by atoms with Gasteiger partial charge in [0.1, 0.15) is 11.5 Å². The van der Waals surface area contributed by atoms with Crippen molar-refractivity contribution < 1.29 is 18.7 Å². The zero-order valence-electron chi connectivity index (χ0n) is 17.4. The van der Waals surface area contributed by atoms with Gasteiger partial charge in [-0.1, -0.05) is 30.3 Å². The molecular formula is C23H25N3O4S. The number of anilines is 2. The molecule has 0 unspecified atom stereocenters. The van der Waals surface area contributed by atoms with Crippen LogP contribution in [0.15, 0.2) is 65.3 Å².